The second-order valence-electron chi connectivity index (χ2n) is 2.91. The fourth-order valence-electron chi connectivity index (χ4n) is 1.17. The van der Waals surface area contributed by atoms with Crippen LogP contribution in [0.1, 0.15) is 17.3 Å². The third kappa shape index (κ3) is 2.61. The highest BCUT2D eigenvalue weighted by molar-refractivity contribution is 5.91. The van der Waals surface area contributed by atoms with E-state index >= 15 is 0 Å². The number of ether oxygens (including phenoxy) is 1. The predicted octanol–water partition coefficient (Wildman–Crippen LogP) is 1.33. The van der Waals surface area contributed by atoms with Crippen molar-refractivity contribution in [3.05, 3.63) is 27.8 Å². The molecule has 0 spiro atoms. The molecule has 0 saturated heterocycles. The molecule has 0 amide bonds. The van der Waals surface area contributed by atoms with Crippen molar-refractivity contribution < 1.29 is 29.7 Å². The van der Waals surface area contributed by atoms with Crippen LogP contribution in [0.2, 0.25) is 0 Å². The van der Waals surface area contributed by atoms with Crippen LogP contribution >= 0.6 is 0 Å². The Morgan fingerprint density at radius 1 is 1.53 bits per heavy atom. The maximum atomic E-state index is 11.0. The predicted molar refractivity (Wildman–Crippen MR) is 54.0 cm³/mol. The number of phenols is 1. The Labute approximate surface area is 95.1 Å². The number of nitro groups is 1. The van der Waals surface area contributed by atoms with E-state index in [4.69, 9.17) is 9.99 Å². The highest BCUT2D eigenvalue weighted by Crippen LogP contribution is 2.37. The van der Waals surface area contributed by atoms with E-state index in [9.17, 15) is 20.0 Å². The van der Waals surface area contributed by atoms with Gasteiger partial charge in [0.05, 0.1) is 17.1 Å². The Balaban J connectivity index is 3.36. The maximum Gasteiger partial charge on any atom is 0.373 e. The molecular formula is C9H9NO7. The summed E-state index contributed by atoms with van der Waals surface area (Å²) >= 11 is 0. The van der Waals surface area contributed by atoms with Crippen molar-refractivity contribution in [1.82, 2.24) is 0 Å². The van der Waals surface area contributed by atoms with Gasteiger partial charge in [0.25, 0.3) is 0 Å². The van der Waals surface area contributed by atoms with Crippen molar-refractivity contribution >= 4 is 11.7 Å². The molecule has 0 aliphatic carbocycles. The van der Waals surface area contributed by atoms with E-state index < -0.39 is 22.3 Å². The van der Waals surface area contributed by atoms with Gasteiger partial charge in [0, 0.05) is 6.07 Å². The number of aromatic hydroxyl groups is 1. The van der Waals surface area contributed by atoms with E-state index in [0.717, 1.165) is 12.1 Å². The summed E-state index contributed by atoms with van der Waals surface area (Å²) in [5.41, 5.74) is -1.02. The van der Waals surface area contributed by atoms with Gasteiger partial charge in [0.2, 0.25) is 5.75 Å². The van der Waals surface area contributed by atoms with Crippen molar-refractivity contribution in [2.75, 3.05) is 6.61 Å². The molecule has 1 aromatic rings. The van der Waals surface area contributed by atoms with Crippen molar-refractivity contribution in [1.29, 1.82) is 0 Å². The molecule has 0 radical (unpaired) electrons. The molecule has 8 nitrogen and oxygen atoms in total. The topological polar surface area (TPSA) is 119 Å². The fraction of sp³-hybridized carbons (Fsp3) is 0.222. The first-order chi connectivity index (χ1) is 8.01. The second kappa shape index (κ2) is 5.12. The molecule has 0 aliphatic heterocycles. The first-order valence-corrected chi connectivity index (χ1v) is 4.51. The molecule has 1 aromatic carbocycles. The van der Waals surface area contributed by atoms with Crippen molar-refractivity contribution in [3.63, 3.8) is 0 Å². The molecule has 8 heteroatoms. The monoisotopic (exact) mass is 243 g/mol. The molecule has 0 saturated carbocycles. The van der Waals surface area contributed by atoms with Crippen LogP contribution < -0.4 is 4.74 Å². The van der Waals surface area contributed by atoms with E-state index in [2.05, 4.69) is 4.89 Å². The van der Waals surface area contributed by atoms with Crippen LogP contribution in [0.25, 0.3) is 0 Å². The number of nitro benzene ring substituents is 1. The number of carbonyl (C=O) groups excluding carboxylic acids is 1. The molecule has 0 aliphatic rings. The molecule has 0 aromatic heterocycles. The van der Waals surface area contributed by atoms with Gasteiger partial charge in [-0.15, -0.1) is 0 Å². The van der Waals surface area contributed by atoms with Crippen LogP contribution in [-0.4, -0.2) is 27.9 Å². The van der Waals surface area contributed by atoms with E-state index in [1.165, 1.54) is 0 Å². The van der Waals surface area contributed by atoms with E-state index in [-0.39, 0.29) is 17.9 Å². The van der Waals surface area contributed by atoms with Gasteiger partial charge in [0.1, 0.15) is 0 Å². The van der Waals surface area contributed by atoms with Gasteiger partial charge >= 0.3 is 11.7 Å². The quantitative estimate of drug-likeness (QED) is 0.465. The van der Waals surface area contributed by atoms with Gasteiger partial charge in [-0.1, -0.05) is 0 Å². The Morgan fingerprint density at radius 2 is 2.18 bits per heavy atom. The minimum Gasteiger partial charge on any atom is -0.500 e. The minimum atomic E-state index is -1.19. The Bertz CT molecular complexity index is 457. The lowest BCUT2D eigenvalue weighted by atomic mass is 10.1. The second-order valence-corrected chi connectivity index (χ2v) is 2.91. The number of phenolic OH excluding ortho intramolecular Hbond substituents is 1. The smallest absolute Gasteiger partial charge is 0.373 e. The zero-order chi connectivity index (χ0) is 13.0. The van der Waals surface area contributed by atoms with Crippen LogP contribution in [-0.2, 0) is 4.89 Å². The van der Waals surface area contributed by atoms with Crippen LogP contribution in [0.4, 0.5) is 5.69 Å². The molecule has 1 rings (SSSR count). The Kier molecular flexibility index (Phi) is 3.83. The third-order valence-corrected chi connectivity index (χ3v) is 1.87. The zero-order valence-corrected chi connectivity index (χ0v) is 8.74. The van der Waals surface area contributed by atoms with Gasteiger partial charge in [-0.3, -0.25) is 15.0 Å². The number of carbonyl (C=O) groups is 1. The minimum absolute atomic E-state index is 0.141. The third-order valence-electron chi connectivity index (χ3n) is 1.87. The van der Waals surface area contributed by atoms with Gasteiger partial charge in [-0.2, -0.15) is 5.26 Å². The fourth-order valence-corrected chi connectivity index (χ4v) is 1.17. The summed E-state index contributed by atoms with van der Waals surface area (Å²) in [6.45, 7) is 1.74. The average molecular weight is 243 g/mol. The lowest BCUT2D eigenvalue weighted by molar-refractivity contribution is -0.386. The number of hydrogen-bond donors (Lipinski definition) is 2. The largest absolute Gasteiger partial charge is 0.500 e. The van der Waals surface area contributed by atoms with Gasteiger partial charge in [-0.25, -0.2) is 4.79 Å². The maximum absolute atomic E-state index is 11.0. The normalized spacial score (nSPS) is 9.76. The van der Waals surface area contributed by atoms with E-state index in [1.54, 1.807) is 6.92 Å². The summed E-state index contributed by atoms with van der Waals surface area (Å²) in [4.78, 5) is 24.2. The molecular weight excluding hydrogens is 234 g/mol. The molecule has 0 atom stereocenters. The van der Waals surface area contributed by atoms with Crippen LogP contribution in [0.3, 0.4) is 0 Å². The van der Waals surface area contributed by atoms with Crippen molar-refractivity contribution in [2.45, 2.75) is 6.92 Å². The summed E-state index contributed by atoms with van der Waals surface area (Å²) in [5.74, 6) is -2.11. The highest BCUT2D eigenvalue weighted by atomic mass is 17.1. The molecule has 0 bridgehead atoms. The Morgan fingerprint density at radius 3 is 2.65 bits per heavy atom. The van der Waals surface area contributed by atoms with Gasteiger partial charge in [0.15, 0.2) is 5.75 Å². The standard InChI is InChI=1S/C9H9NO7/c1-2-16-7-4-5(9(12)17-15)3-6(8(7)11)10(13)14/h3-4,11,15H,2H2,1H3. The van der Waals surface area contributed by atoms with Crippen molar-refractivity contribution in [2.24, 2.45) is 0 Å². The van der Waals surface area contributed by atoms with Gasteiger partial charge < -0.3 is 9.84 Å². The number of nitrogens with zero attached hydrogens (tertiary/aromatic N) is 1. The summed E-state index contributed by atoms with van der Waals surface area (Å²) < 4.78 is 4.92. The van der Waals surface area contributed by atoms with Crippen LogP contribution in [0.5, 0.6) is 11.5 Å². The molecule has 92 valence electrons. The average Bonchev–Trinajstić information content (AvgIpc) is 2.30. The number of rotatable bonds is 4. The zero-order valence-electron chi connectivity index (χ0n) is 8.74. The first kappa shape index (κ1) is 12.7. The summed E-state index contributed by atoms with van der Waals surface area (Å²) in [7, 11) is 0. The molecule has 17 heavy (non-hydrogen) atoms. The van der Waals surface area contributed by atoms with E-state index in [1.807, 2.05) is 0 Å². The number of benzene rings is 1. The molecule has 0 heterocycles. The van der Waals surface area contributed by atoms with Crippen molar-refractivity contribution in [3.8, 4) is 11.5 Å². The summed E-state index contributed by atoms with van der Waals surface area (Å²) in [5, 5.41) is 28.3. The SMILES string of the molecule is CCOc1cc(C(=O)OO)cc([N+](=O)[O-])c1O. The number of hydrogen-bond acceptors (Lipinski definition) is 7. The summed E-state index contributed by atoms with van der Waals surface area (Å²) in [6, 6.07) is 1.81. The Hall–Kier alpha value is -2.35. The highest BCUT2D eigenvalue weighted by Gasteiger charge is 2.23. The summed E-state index contributed by atoms with van der Waals surface area (Å²) in [6.07, 6.45) is 0. The van der Waals surface area contributed by atoms with Crippen LogP contribution in [0, 0.1) is 10.1 Å². The first-order valence-electron chi connectivity index (χ1n) is 4.51. The molecule has 2 N–H and O–H groups in total. The molecule has 0 fully saturated rings. The lowest BCUT2D eigenvalue weighted by Crippen LogP contribution is -2.04. The lowest BCUT2D eigenvalue weighted by Gasteiger charge is -2.07. The van der Waals surface area contributed by atoms with E-state index in [0.29, 0.717) is 0 Å². The van der Waals surface area contributed by atoms with Gasteiger partial charge in [-0.05, 0) is 13.0 Å². The van der Waals surface area contributed by atoms with Crippen LogP contribution in [0.15, 0.2) is 12.1 Å². The molecule has 0 unspecified atom stereocenters.